The molecule has 8 saturated heterocycles. The van der Waals surface area contributed by atoms with Gasteiger partial charge in [-0.3, -0.25) is 36.7 Å². The predicted molar refractivity (Wildman–Crippen MR) is 362 cm³/mol. The maximum absolute atomic E-state index is 13.3. The average molecular weight is 1980 g/mol. The molecule has 28 N–H and O–H groups in total. The first-order chi connectivity index (χ1) is 57.4. The SMILES string of the molecule is CO[C@H]1O[C@H](COS(=O)(=O)O)[C@@H](O[C@@H]2O[C@@H](C(=O)O)[C@@H](O[C@H]3O[C@H](CO)[C@@H](O[C@@H]4O[C@@H](C(=O)O)[C@@H](O[C@H]5O[C@H](CO)[C@@H](O[C@@H]6O[C@@H](C(=O)O)[C@@H](O[C@H]7O[C@H](CO)[C@@H](O[C@@H]8O[C@H](C(=O)O)[C@@H](O)[C@H](O)[C@H]8O)[C@H](O)[C@H]7NS(=O)(=O)O)[C@H](O)[C@H]6OS(=O)(=O)O)[C@H](O)[C@H]5NC(C)=O)[C@H](O)[C@H]4OS(=O)(=O)O)[C@H](O)[C@H]3NS(=O)(=O)O)[C@H](O)[C@H]2OS(=O)(=O)O)[C@H](OS(=O)(=O)O)[C@H]1N. The Hall–Kier alpha value is -4.72. The summed E-state index contributed by atoms with van der Waals surface area (Å²) >= 11 is 0. The number of hydrogen-bond donors (Lipinski definition) is 27. The third kappa shape index (κ3) is 26.8. The molecule has 8 aliphatic heterocycles. The third-order valence-electron chi connectivity index (χ3n) is 18.9. The lowest BCUT2D eigenvalue weighted by molar-refractivity contribution is -0.379. The molecule has 8 rings (SSSR count). The van der Waals surface area contributed by atoms with Gasteiger partial charge in [0.2, 0.25) is 5.91 Å². The molecule has 0 aromatic heterocycles. The normalized spacial score (nSPS) is 42.3. The number of aliphatic hydroxyl groups excluding tert-OH is 12. The monoisotopic (exact) mass is 1980 g/mol. The smallest absolute Gasteiger partial charge is 0.397 e. The Morgan fingerprint density at radius 2 is 0.608 bits per heavy atom. The first-order valence-electron chi connectivity index (χ1n) is 34.4. The van der Waals surface area contributed by atoms with Crippen LogP contribution in [0.15, 0.2) is 0 Å². The van der Waals surface area contributed by atoms with Crippen LogP contribution in [0.5, 0.6) is 0 Å². The molecule has 0 radical (unpaired) electrons. The topological polar surface area (TPSA) is 1050 Å². The van der Waals surface area contributed by atoms with Crippen LogP contribution in [0.4, 0.5) is 0 Å². The van der Waals surface area contributed by atoms with E-state index in [1.54, 1.807) is 0 Å². The zero-order chi connectivity index (χ0) is 94.3. The second-order valence-corrected chi connectivity index (χ2v) is 35.0. The zero-order valence-electron chi connectivity index (χ0n) is 62.0. The molecule has 726 valence electrons. The van der Waals surface area contributed by atoms with Crippen molar-refractivity contribution in [2.75, 3.05) is 33.5 Å². The number of aliphatic carboxylic acids is 4. The average Bonchev–Trinajstić information content (AvgIpc) is 0.759. The number of carbonyl (C=O) groups is 5. The molecular weight excluding hydrogens is 1900 g/mol. The molecule has 40 atom stereocenters. The van der Waals surface area contributed by atoms with E-state index in [2.05, 4.69) is 20.9 Å². The highest BCUT2D eigenvalue weighted by molar-refractivity contribution is 7.84. The number of methoxy groups -OCH3 is 1. The van der Waals surface area contributed by atoms with Gasteiger partial charge in [0.05, 0.1) is 32.5 Å². The minimum atomic E-state index is -6.21. The summed E-state index contributed by atoms with van der Waals surface area (Å²) in [6, 6.07) is -10.3. The molecule has 0 saturated carbocycles. The predicted octanol–water partition coefficient (Wildman–Crippen LogP) is -19.4. The fourth-order valence-electron chi connectivity index (χ4n) is 13.7. The molecule has 0 bridgehead atoms. The number of aliphatic hydroxyl groups is 12. The van der Waals surface area contributed by atoms with E-state index in [4.69, 9.17) is 81.5 Å². The molecule has 0 unspecified atom stereocenters. The molecule has 0 spiro atoms. The van der Waals surface area contributed by atoms with Crippen LogP contribution in [0.2, 0.25) is 0 Å². The maximum Gasteiger partial charge on any atom is 0.397 e. The molecule has 0 aromatic rings. The van der Waals surface area contributed by atoms with Gasteiger partial charge in [0.1, 0.15) is 146 Å². The van der Waals surface area contributed by atoms with Gasteiger partial charge >= 0.3 is 96.5 Å². The van der Waals surface area contributed by atoms with Crippen molar-refractivity contribution in [3.8, 4) is 0 Å². The molecule has 74 heteroatoms. The van der Waals surface area contributed by atoms with Gasteiger partial charge in [-0.05, 0) is 0 Å². The highest BCUT2D eigenvalue weighted by atomic mass is 32.3. The number of amides is 1. The minimum absolute atomic E-state index is 0.634. The Bertz CT molecular complexity index is 4590. The molecular formula is C51H82N4O63S7. The first-order valence-corrected chi connectivity index (χ1v) is 44.1. The van der Waals surface area contributed by atoms with Gasteiger partial charge in [0.15, 0.2) is 93.0 Å². The Morgan fingerprint density at radius 1 is 0.320 bits per heavy atom. The van der Waals surface area contributed by atoms with Gasteiger partial charge in [-0.2, -0.15) is 68.4 Å². The standard InChI is InChI=1S/C51H82N4O63S7/c1-7(59)53-13-16(60)25(105-49-35(117-124(92,93)94)23(67)31(38(113-49)42(73)74)109-46-14(54-119(77,78)79)17(61)26(9(4-57)101-46)104-48-21(65)19(63)20(64)33(111-48)40(69)70)8(3-56)100-45(13)108-30-22(66)34(116-123(89,90)91)50(112-37(30)41(71)72)106-27-10(5-58)102-47(15(18(27)62)55-120(80,81)82)110-32-24(68)36(118-125(95,96)97)51(114-39(32)43(75)76)107-28-11(6-99-121(83,84)85)103-44(98-2)12(52)29(28)115-122(86,87)88/h8-39,44-51,54-58,60-68H,3-6,52H2,1-2H3,(H,53,59)(H,69,70)(H,71,72)(H,73,74)(H,75,76)(H,77,78,79)(H,80,81,82)(H,83,84,85)(H,86,87,88)(H,89,90,91)(H,92,93,94)(H,95,96,97)/t8-,9-,10-,11-,12-,13-,14-,15-,16-,17-,18-,19+,20+,21-,22+,23+,24+,25-,26-,27-,28-,29-,30+,31+,32+,33+,34-,35-,36-,37-,38-,39-,44+,45-,46-,47-,48-,49-,50-,51-/m1/s1. The van der Waals surface area contributed by atoms with Gasteiger partial charge < -0.3 is 169 Å². The molecule has 8 heterocycles. The lowest BCUT2D eigenvalue weighted by Crippen LogP contribution is -2.71. The van der Waals surface area contributed by atoms with Crippen LogP contribution in [-0.2, 0) is 193 Å². The van der Waals surface area contributed by atoms with Crippen molar-refractivity contribution >= 4 is 102 Å². The number of carboxylic acids is 4. The second-order valence-electron chi connectivity index (χ2n) is 27.3. The van der Waals surface area contributed by atoms with E-state index >= 15 is 0 Å². The Morgan fingerprint density at radius 3 is 0.904 bits per heavy atom. The Balaban J connectivity index is 1.06. The van der Waals surface area contributed by atoms with E-state index in [0.29, 0.717) is 6.92 Å². The minimum Gasteiger partial charge on any atom is -0.479 e. The summed E-state index contributed by atoms with van der Waals surface area (Å²) in [4.78, 5) is 64.3. The summed E-state index contributed by atoms with van der Waals surface area (Å²) in [6.07, 6.45) is -100. The van der Waals surface area contributed by atoms with Crippen LogP contribution in [-0.4, -0.2) is 481 Å². The molecule has 1 amide bonds. The van der Waals surface area contributed by atoms with Gasteiger partial charge in [-0.15, -0.1) is 0 Å². The molecule has 125 heavy (non-hydrogen) atoms. The molecule has 8 aliphatic rings. The summed E-state index contributed by atoms with van der Waals surface area (Å²) in [6.45, 7) is -5.75. The van der Waals surface area contributed by atoms with Crippen molar-refractivity contribution in [1.29, 1.82) is 0 Å². The number of hydrogen-bond acceptors (Lipinski definition) is 53. The van der Waals surface area contributed by atoms with E-state index in [9.17, 15) is 196 Å². The highest BCUT2D eigenvalue weighted by Gasteiger charge is 2.64. The lowest BCUT2D eigenvalue weighted by Gasteiger charge is -2.51. The van der Waals surface area contributed by atoms with Crippen LogP contribution >= 0.6 is 0 Å². The van der Waals surface area contributed by atoms with Crippen LogP contribution in [0.25, 0.3) is 0 Å². The molecule has 0 aromatic carbocycles. The third-order valence-corrected chi connectivity index (χ3v) is 22.3. The van der Waals surface area contributed by atoms with Gasteiger partial charge in [0, 0.05) is 14.0 Å². The van der Waals surface area contributed by atoms with Crippen molar-refractivity contribution < 1.29 is 293 Å². The van der Waals surface area contributed by atoms with Crippen molar-refractivity contribution in [3.05, 3.63) is 0 Å². The maximum atomic E-state index is 13.3. The first kappa shape index (κ1) is 106. The van der Waals surface area contributed by atoms with Gasteiger partial charge in [0.25, 0.3) is 0 Å². The molecule has 67 nitrogen and oxygen atoms in total. The van der Waals surface area contributed by atoms with Gasteiger partial charge in [-0.1, -0.05) is 0 Å². The summed E-state index contributed by atoms with van der Waals surface area (Å²) in [5.74, 6) is -10.6. The van der Waals surface area contributed by atoms with Crippen molar-refractivity contribution in [1.82, 2.24) is 14.8 Å². The van der Waals surface area contributed by atoms with Crippen LogP contribution < -0.4 is 20.5 Å². The molecule has 0 aliphatic carbocycles. The highest BCUT2D eigenvalue weighted by Crippen LogP contribution is 2.42. The van der Waals surface area contributed by atoms with Crippen molar-refractivity contribution in [2.45, 2.75) is 252 Å². The fraction of sp³-hybridized carbons (Fsp3) is 0.902. The number of rotatable bonds is 38. The number of nitrogens with two attached hydrogens (primary N) is 1. The Labute approximate surface area is 699 Å². The van der Waals surface area contributed by atoms with Crippen LogP contribution in [0, 0.1) is 0 Å². The quantitative estimate of drug-likeness (QED) is 0.0255. The van der Waals surface area contributed by atoms with Crippen molar-refractivity contribution in [3.63, 3.8) is 0 Å². The fourth-order valence-corrected chi connectivity index (χ4v) is 17.2. The van der Waals surface area contributed by atoms with E-state index in [-0.39, 0.29) is 0 Å². The van der Waals surface area contributed by atoms with Crippen molar-refractivity contribution in [2.24, 2.45) is 5.73 Å². The van der Waals surface area contributed by atoms with E-state index in [0.717, 1.165) is 7.11 Å². The molecule has 8 fully saturated rings. The lowest BCUT2D eigenvalue weighted by atomic mass is 9.93. The summed E-state index contributed by atoms with van der Waals surface area (Å²) in [5.41, 5.74) is 5.99. The number of ether oxygens (including phenoxy) is 16. The largest absolute Gasteiger partial charge is 0.479 e. The zero-order valence-corrected chi connectivity index (χ0v) is 67.7. The second kappa shape index (κ2) is 41.6. The number of carbonyl (C=O) groups excluding carboxylic acids is 1. The van der Waals surface area contributed by atoms with E-state index in [1.165, 1.54) is 9.44 Å². The van der Waals surface area contributed by atoms with E-state index in [1.807, 2.05) is 5.32 Å². The summed E-state index contributed by atoms with van der Waals surface area (Å²) in [7, 11) is -40.7. The Kier molecular flexibility index (Phi) is 35.2. The summed E-state index contributed by atoms with van der Waals surface area (Å²) < 4.78 is 353. The van der Waals surface area contributed by atoms with Crippen LogP contribution in [0.3, 0.4) is 0 Å². The van der Waals surface area contributed by atoms with E-state index < -0.39 is 374 Å². The van der Waals surface area contributed by atoms with Gasteiger partial charge in [-0.25, -0.2) is 40.1 Å². The number of nitrogens with one attached hydrogen (secondary N) is 3. The summed E-state index contributed by atoms with van der Waals surface area (Å²) in [5, 5.41) is 178. The number of carboxylic acid groups (broad SMARTS) is 4. The van der Waals surface area contributed by atoms with Crippen LogP contribution in [0.1, 0.15) is 6.92 Å².